The molecule has 1 amide bonds. The van der Waals surface area contributed by atoms with Crippen LogP contribution in [0.2, 0.25) is 0 Å². The molecule has 47 heavy (non-hydrogen) atoms. The number of nitrogens with zero attached hydrogens (tertiary/aromatic N) is 7. The number of amides is 1. The Morgan fingerprint density at radius 2 is 1.94 bits per heavy atom. The van der Waals surface area contributed by atoms with Gasteiger partial charge in [-0.2, -0.15) is 15.2 Å². The summed E-state index contributed by atoms with van der Waals surface area (Å²) in [5, 5.41) is 12.2. The number of hydrogen-bond donors (Lipinski definition) is 0. The average Bonchev–Trinajstić information content (AvgIpc) is 3.74. The van der Waals surface area contributed by atoms with Crippen molar-refractivity contribution in [3.8, 4) is 12.1 Å². The lowest BCUT2D eigenvalue weighted by Gasteiger charge is -2.42. The second kappa shape index (κ2) is 12.6. The molecule has 244 valence electrons. The van der Waals surface area contributed by atoms with Gasteiger partial charge in [0.05, 0.1) is 31.0 Å². The monoisotopic (exact) mass is 635 g/mol. The number of nitriles is 1. The number of aromatic nitrogens is 2. The molecule has 2 atom stereocenters. The zero-order valence-electron chi connectivity index (χ0n) is 27.1. The molecular formula is C37H42FN7O2. The predicted octanol–water partition coefficient (Wildman–Crippen LogP) is 4.99. The van der Waals surface area contributed by atoms with Gasteiger partial charge in [0, 0.05) is 73.4 Å². The van der Waals surface area contributed by atoms with Crippen LogP contribution in [0.25, 0.3) is 10.8 Å². The third-order valence-corrected chi connectivity index (χ3v) is 10.4. The molecule has 1 aliphatic carbocycles. The molecule has 9 nitrogen and oxygen atoms in total. The Labute approximate surface area is 275 Å². The quantitative estimate of drug-likeness (QED) is 0.240. The van der Waals surface area contributed by atoms with Crippen molar-refractivity contribution in [3.63, 3.8) is 0 Å². The SMILES string of the molecule is C=CC(=O)N1CCN(c2nc(OCC3(CN4CC[C@@H](F)C4)CC3)nc3c2CCN(c2cccc4cccc(C)c24)C3)C[C@@H]1C(=C)C#N. The van der Waals surface area contributed by atoms with Crippen LogP contribution in [0.3, 0.4) is 0 Å². The van der Waals surface area contributed by atoms with Gasteiger partial charge in [0.2, 0.25) is 5.91 Å². The van der Waals surface area contributed by atoms with Crippen molar-refractivity contribution in [1.29, 1.82) is 5.26 Å². The number of carbonyl (C=O) groups excluding carboxylic acids is 1. The summed E-state index contributed by atoms with van der Waals surface area (Å²) in [5.74, 6) is 0.581. The molecule has 7 rings (SSSR count). The third-order valence-electron chi connectivity index (χ3n) is 10.4. The lowest BCUT2D eigenvalue weighted by atomic mass is 9.99. The van der Waals surface area contributed by atoms with Gasteiger partial charge in [0.25, 0.3) is 0 Å². The fourth-order valence-electron chi connectivity index (χ4n) is 7.56. The highest BCUT2D eigenvalue weighted by Crippen LogP contribution is 2.47. The predicted molar refractivity (Wildman–Crippen MR) is 181 cm³/mol. The number of likely N-dealkylation sites (tertiary alicyclic amines) is 1. The van der Waals surface area contributed by atoms with E-state index in [1.165, 1.54) is 28.1 Å². The Morgan fingerprint density at radius 3 is 2.66 bits per heavy atom. The van der Waals surface area contributed by atoms with Gasteiger partial charge in [0.1, 0.15) is 12.0 Å². The van der Waals surface area contributed by atoms with E-state index in [-0.39, 0.29) is 11.3 Å². The summed E-state index contributed by atoms with van der Waals surface area (Å²) in [4.78, 5) is 31.2. The number of benzene rings is 2. The zero-order chi connectivity index (χ0) is 32.7. The van der Waals surface area contributed by atoms with Crippen molar-refractivity contribution in [1.82, 2.24) is 19.8 Å². The average molecular weight is 636 g/mol. The van der Waals surface area contributed by atoms with E-state index >= 15 is 0 Å². The van der Waals surface area contributed by atoms with Gasteiger partial charge in [-0.1, -0.05) is 43.5 Å². The molecule has 0 bridgehead atoms. The maximum atomic E-state index is 13.9. The molecule has 1 saturated carbocycles. The van der Waals surface area contributed by atoms with E-state index in [0.29, 0.717) is 57.3 Å². The largest absolute Gasteiger partial charge is 0.463 e. The molecule has 3 aromatic rings. The third kappa shape index (κ3) is 6.17. The van der Waals surface area contributed by atoms with Crippen molar-refractivity contribution >= 4 is 28.2 Å². The van der Waals surface area contributed by atoms with Crippen LogP contribution in [0.15, 0.2) is 61.2 Å². The fraction of sp³-hybridized carbons (Fsp3) is 0.459. The van der Waals surface area contributed by atoms with E-state index in [1.807, 2.05) is 0 Å². The topological polar surface area (TPSA) is 88.8 Å². The maximum Gasteiger partial charge on any atom is 0.318 e. The van der Waals surface area contributed by atoms with Crippen LogP contribution in [0.1, 0.15) is 36.1 Å². The van der Waals surface area contributed by atoms with Gasteiger partial charge in [-0.15, -0.1) is 0 Å². The minimum Gasteiger partial charge on any atom is -0.463 e. The van der Waals surface area contributed by atoms with Gasteiger partial charge in [-0.25, -0.2) is 4.39 Å². The number of rotatable bonds is 9. The number of carbonyl (C=O) groups is 1. The van der Waals surface area contributed by atoms with E-state index in [2.05, 4.69) is 77.2 Å². The summed E-state index contributed by atoms with van der Waals surface area (Å²) in [5.41, 5.74) is 4.75. The molecule has 3 aliphatic heterocycles. The molecule has 2 aromatic carbocycles. The van der Waals surface area contributed by atoms with Gasteiger partial charge in [-0.3, -0.25) is 9.69 Å². The Balaban J connectivity index is 1.20. The lowest BCUT2D eigenvalue weighted by Crippen LogP contribution is -2.56. The first-order chi connectivity index (χ1) is 22.8. The highest BCUT2D eigenvalue weighted by atomic mass is 19.1. The van der Waals surface area contributed by atoms with Crippen molar-refractivity contribution in [2.45, 2.75) is 51.4 Å². The summed E-state index contributed by atoms with van der Waals surface area (Å²) in [6, 6.07) is 14.9. The Morgan fingerprint density at radius 1 is 1.13 bits per heavy atom. The Kier molecular flexibility index (Phi) is 8.35. The highest BCUT2D eigenvalue weighted by molar-refractivity contribution is 5.97. The summed E-state index contributed by atoms with van der Waals surface area (Å²) in [7, 11) is 0. The molecule has 4 heterocycles. The molecule has 0 N–H and O–H groups in total. The summed E-state index contributed by atoms with van der Waals surface area (Å²) in [6.07, 6.45) is 3.99. The molecule has 4 aliphatic rings. The van der Waals surface area contributed by atoms with Gasteiger partial charge in [-0.05, 0) is 55.7 Å². The minimum atomic E-state index is -0.741. The summed E-state index contributed by atoms with van der Waals surface area (Å²) < 4.78 is 20.3. The van der Waals surface area contributed by atoms with E-state index in [1.54, 1.807) is 4.90 Å². The number of piperazine rings is 1. The number of alkyl halides is 1. The van der Waals surface area contributed by atoms with Crippen LogP contribution in [-0.2, 0) is 17.8 Å². The van der Waals surface area contributed by atoms with Gasteiger partial charge < -0.3 is 19.4 Å². The second-order valence-corrected chi connectivity index (χ2v) is 13.6. The smallest absolute Gasteiger partial charge is 0.318 e. The number of hydrogen-bond acceptors (Lipinski definition) is 8. The van der Waals surface area contributed by atoms with Crippen LogP contribution < -0.4 is 14.5 Å². The first kappa shape index (κ1) is 31.1. The van der Waals surface area contributed by atoms with Gasteiger partial charge >= 0.3 is 6.01 Å². The highest BCUT2D eigenvalue weighted by Gasteiger charge is 2.46. The number of halogens is 1. The van der Waals surface area contributed by atoms with Crippen molar-refractivity contribution in [2.75, 3.05) is 62.2 Å². The Hall–Kier alpha value is -4.49. The Bertz CT molecular complexity index is 1760. The van der Waals surface area contributed by atoms with E-state index < -0.39 is 12.2 Å². The van der Waals surface area contributed by atoms with Gasteiger partial charge in [0.15, 0.2) is 0 Å². The van der Waals surface area contributed by atoms with Crippen LogP contribution >= 0.6 is 0 Å². The molecule has 0 unspecified atom stereocenters. The zero-order valence-corrected chi connectivity index (χ0v) is 27.1. The number of anilines is 2. The number of aryl methyl sites for hydroxylation is 1. The standard InChI is InChI=1S/C37H42FN7O2/c1-4-33(46)45-18-17-44(22-32(45)26(3)19-39)35-29-12-16-43(31-10-6-9-27-8-5-7-25(2)34(27)31)21-30(29)40-36(41-35)47-24-37(13-14-37)23-42-15-11-28(38)20-42/h4-10,28,32H,1,3,11-18,20-24H2,2H3/t28-,32-/m1/s1. The minimum absolute atomic E-state index is 0.00229. The molecule has 3 fully saturated rings. The first-order valence-corrected chi connectivity index (χ1v) is 16.7. The van der Waals surface area contributed by atoms with E-state index in [9.17, 15) is 14.4 Å². The molecular weight excluding hydrogens is 593 g/mol. The normalized spacial score (nSPS) is 22.1. The van der Waals surface area contributed by atoms with E-state index in [0.717, 1.165) is 56.0 Å². The molecule has 10 heteroatoms. The summed E-state index contributed by atoms with van der Waals surface area (Å²) >= 11 is 0. The molecule has 1 aromatic heterocycles. The molecule has 2 saturated heterocycles. The van der Waals surface area contributed by atoms with Crippen LogP contribution in [0.4, 0.5) is 15.9 Å². The second-order valence-electron chi connectivity index (χ2n) is 13.6. The van der Waals surface area contributed by atoms with E-state index in [4.69, 9.17) is 14.7 Å². The molecule has 0 spiro atoms. The fourth-order valence-corrected chi connectivity index (χ4v) is 7.56. The lowest BCUT2D eigenvalue weighted by molar-refractivity contribution is -0.127. The van der Waals surface area contributed by atoms with Crippen molar-refractivity contribution < 1.29 is 13.9 Å². The van der Waals surface area contributed by atoms with Crippen molar-refractivity contribution in [3.05, 3.63) is 78.0 Å². The maximum absolute atomic E-state index is 13.9. The first-order valence-electron chi connectivity index (χ1n) is 16.7. The molecule has 0 radical (unpaired) electrons. The van der Waals surface area contributed by atoms with Crippen LogP contribution in [-0.4, -0.2) is 90.3 Å². The number of ether oxygens (including phenoxy) is 1. The number of fused-ring (bicyclic) bond motifs is 2. The summed E-state index contributed by atoms with van der Waals surface area (Å²) in [6.45, 7) is 15.2. The van der Waals surface area contributed by atoms with Crippen LogP contribution in [0, 0.1) is 23.7 Å². The van der Waals surface area contributed by atoms with Crippen LogP contribution in [0.5, 0.6) is 6.01 Å². The van der Waals surface area contributed by atoms with Crippen molar-refractivity contribution in [2.24, 2.45) is 5.41 Å².